The lowest BCUT2D eigenvalue weighted by Crippen LogP contribution is -2.01. The number of hydrogen-bond donors (Lipinski definition) is 1. The highest BCUT2D eigenvalue weighted by molar-refractivity contribution is 5.71. The summed E-state index contributed by atoms with van der Waals surface area (Å²) in [7, 11) is 1.78. The molecule has 0 saturated heterocycles. The second kappa shape index (κ2) is 4.31. The zero-order chi connectivity index (χ0) is 13.4. The zero-order valence-corrected chi connectivity index (χ0v) is 10.3. The Morgan fingerprint density at radius 3 is 2.95 bits per heavy atom. The van der Waals surface area contributed by atoms with Crippen LogP contribution in [-0.4, -0.2) is 27.6 Å². The molecule has 1 aromatic heterocycles. The third-order valence-corrected chi connectivity index (χ3v) is 2.93. The van der Waals surface area contributed by atoms with E-state index in [1.54, 1.807) is 17.8 Å². The third-order valence-electron chi connectivity index (χ3n) is 2.93. The molecule has 0 aliphatic carbocycles. The topological polar surface area (TPSA) is 73.6 Å². The van der Waals surface area contributed by atoms with E-state index >= 15 is 0 Å². The molecular formula is C13H12N2O4. The minimum atomic E-state index is -0.893. The van der Waals surface area contributed by atoms with Gasteiger partial charge in [0.2, 0.25) is 6.79 Å². The van der Waals surface area contributed by atoms with Gasteiger partial charge in [-0.25, -0.2) is 0 Å². The maximum absolute atomic E-state index is 10.7. The first-order chi connectivity index (χ1) is 9.13. The fraction of sp³-hybridized carbons (Fsp3) is 0.231. The van der Waals surface area contributed by atoms with E-state index in [-0.39, 0.29) is 13.2 Å². The molecule has 0 bridgehead atoms. The molecule has 0 radical (unpaired) electrons. The van der Waals surface area contributed by atoms with E-state index in [1.807, 2.05) is 18.2 Å². The smallest absolute Gasteiger partial charge is 0.309 e. The highest BCUT2D eigenvalue weighted by Crippen LogP contribution is 2.35. The zero-order valence-electron chi connectivity index (χ0n) is 10.3. The summed E-state index contributed by atoms with van der Waals surface area (Å²) in [5.74, 6) is 0.519. The summed E-state index contributed by atoms with van der Waals surface area (Å²) in [5, 5.41) is 13.0. The maximum atomic E-state index is 10.7. The number of fused-ring (bicyclic) bond motifs is 1. The van der Waals surface area contributed by atoms with Crippen LogP contribution in [0, 0.1) is 0 Å². The Hall–Kier alpha value is -2.50. The first-order valence-corrected chi connectivity index (χ1v) is 5.78. The Morgan fingerprint density at radius 1 is 1.37 bits per heavy atom. The summed E-state index contributed by atoms with van der Waals surface area (Å²) < 4.78 is 12.2. The molecule has 1 aromatic carbocycles. The van der Waals surface area contributed by atoms with Crippen molar-refractivity contribution in [1.29, 1.82) is 0 Å². The molecule has 2 heterocycles. The number of carboxylic acids is 1. The van der Waals surface area contributed by atoms with Crippen LogP contribution in [0.4, 0.5) is 0 Å². The van der Waals surface area contributed by atoms with Crippen molar-refractivity contribution >= 4 is 5.97 Å². The second-order valence-electron chi connectivity index (χ2n) is 4.28. The van der Waals surface area contributed by atoms with E-state index in [0.717, 1.165) is 17.0 Å². The number of benzene rings is 1. The molecule has 0 fully saturated rings. The number of nitrogens with zero attached hydrogens (tertiary/aromatic N) is 2. The first-order valence-electron chi connectivity index (χ1n) is 5.78. The summed E-state index contributed by atoms with van der Waals surface area (Å²) in [5.41, 5.74) is 2.29. The molecule has 19 heavy (non-hydrogen) atoms. The van der Waals surface area contributed by atoms with Gasteiger partial charge in [0.05, 0.1) is 17.8 Å². The molecule has 6 heteroatoms. The van der Waals surface area contributed by atoms with Crippen molar-refractivity contribution in [3.63, 3.8) is 0 Å². The number of aryl methyl sites for hydroxylation is 1. The predicted octanol–water partition coefficient (Wildman–Crippen LogP) is 1.44. The normalized spacial score (nSPS) is 12.7. The Kier molecular flexibility index (Phi) is 2.63. The van der Waals surface area contributed by atoms with Crippen LogP contribution in [0.2, 0.25) is 0 Å². The Morgan fingerprint density at radius 2 is 2.16 bits per heavy atom. The van der Waals surface area contributed by atoms with Crippen molar-refractivity contribution in [3.05, 3.63) is 30.0 Å². The first kappa shape index (κ1) is 11.6. The molecule has 1 aliphatic rings. The van der Waals surface area contributed by atoms with Crippen molar-refractivity contribution in [2.75, 3.05) is 6.79 Å². The molecule has 3 rings (SSSR count). The van der Waals surface area contributed by atoms with Gasteiger partial charge in [0.1, 0.15) is 0 Å². The maximum Gasteiger partial charge on any atom is 0.309 e. The molecule has 0 saturated carbocycles. The van der Waals surface area contributed by atoms with Gasteiger partial charge in [-0.2, -0.15) is 5.10 Å². The standard InChI is InChI=1S/C13H12N2O4/c1-15-10(5-9(14-15)6-13(16)17)8-2-3-11-12(4-8)19-7-18-11/h2-5H,6-7H2,1H3,(H,16,17). The van der Waals surface area contributed by atoms with Crippen LogP contribution >= 0.6 is 0 Å². The average Bonchev–Trinajstić information content (AvgIpc) is 2.93. The van der Waals surface area contributed by atoms with Gasteiger partial charge >= 0.3 is 5.97 Å². The quantitative estimate of drug-likeness (QED) is 0.904. The summed E-state index contributed by atoms with van der Waals surface area (Å²) in [6, 6.07) is 7.37. The van der Waals surface area contributed by atoms with Gasteiger partial charge in [0, 0.05) is 12.6 Å². The van der Waals surface area contributed by atoms with Crippen LogP contribution in [0.1, 0.15) is 5.69 Å². The highest BCUT2D eigenvalue weighted by atomic mass is 16.7. The molecule has 6 nitrogen and oxygen atoms in total. The van der Waals surface area contributed by atoms with Crippen molar-refractivity contribution < 1.29 is 19.4 Å². The monoisotopic (exact) mass is 260 g/mol. The number of aliphatic carboxylic acids is 1. The molecule has 0 amide bonds. The van der Waals surface area contributed by atoms with Crippen LogP contribution < -0.4 is 9.47 Å². The minimum Gasteiger partial charge on any atom is -0.481 e. The molecule has 0 spiro atoms. The number of rotatable bonds is 3. The SMILES string of the molecule is Cn1nc(CC(=O)O)cc1-c1ccc2c(c1)OCO2. The van der Waals surface area contributed by atoms with Crippen molar-refractivity contribution in [1.82, 2.24) is 9.78 Å². The van der Waals surface area contributed by atoms with Gasteiger partial charge < -0.3 is 14.6 Å². The lowest BCUT2D eigenvalue weighted by atomic mass is 10.1. The van der Waals surface area contributed by atoms with E-state index in [0.29, 0.717) is 11.4 Å². The number of hydrogen-bond acceptors (Lipinski definition) is 4. The third kappa shape index (κ3) is 2.12. The van der Waals surface area contributed by atoms with E-state index in [4.69, 9.17) is 14.6 Å². The minimum absolute atomic E-state index is 0.0849. The Bertz CT molecular complexity index is 648. The molecule has 0 atom stereocenters. The van der Waals surface area contributed by atoms with Crippen LogP contribution in [0.3, 0.4) is 0 Å². The van der Waals surface area contributed by atoms with Gasteiger partial charge in [-0.15, -0.1) is 0 Å². The number of ether oxygens (including phenoxy) is 2. The van der Waals surface area contributed by atoms with Crippen LogP contribution in [0.25, 0.3) is 11.3 Å². The fourth-order valence-electron chi connectivity index (χ4n) is 2.09. The fourth-order valence-corrected chi connectivity index (χ4v) is 2.09. The molecule has 98 valence electrons. The average molecular weight is 260 g/mol. The molecule has 2 aromatic rings. The second-order valence-corrected chi connectivity index (χ2v) is 4.28. The summed E-state index contributed by atoms with van der Waals surface area (Å²) >= 11 is 0. The van der Waals surface area contributed by atoms with Gasteiger partial charge in [-0.05, 0) is 24.3 Å². The van der Waals surface area contributed by atoms with Gasteiger partial charge in [-0.1, -0.05) is 0 Å². The van der Waals surface area contributed by atoms with Crippen molar-refractivity contribution in [2.24, 2.45) is 7.05 Å². The summed E-state index contributed by atoms with van der Waals surface area (Å²) in [4.78, 5) is 10.7. The number of aromatic nitrogens is 2. The summed E-state index contributed by atoms with van der Waals surface area (Å²) in [6.45, 7) is 0.231. The van der Waals surface area contributed by atoms with Crippen LogP contribution in [0.15, 0.2) is 24.3 Å². The van der Waals surface area contributed by atoms with E-state index in [9.17, 15) is 4.79 Å². The Balaban J connectivity index is 1.97. The summed E-state index contributed by atoms with van der Waals surface area (Å²) in [6.07, 6.45) is -0.0849. The van der Waals surface area contributed by atoms with E-state index < -0.39 is 5.97 Å². The van der Waals surface area contributed by atoms with Gasteiger partial charge in [0.15, 0.2) is 11.5 Å². The largest absolute Gasteiger partial charge is 0.481 e. The predicted molar refractivity (Wildman–Crippen MR) is 66.1 cm³/mol. The van der Waals surface area contributed by atoms with Crippen molar-refractivity contribution in [2.45, 2.75) is 6.42 Å². The number of carbonyl (C=O) groups is 1. The Labute approximate surface area is 109 Å². The van der Waals surface area contributed by atoms with E-state index in [2.05, 4.69) is 5.10 Å². The lowest BCUT2D eigenvalue weighted by molar-refractivity contribution is -0.136. The lowest BCUT2D eigenvalue weighted by Gasteiger charge is -2.03. The van der Waals surface area contributed by atoms with Gasteiger partial charge in [-0.3, -0.25) is 9.48 Å². The van der Waals surface area contributed by atoms with Crippen LogP contribution in [-0.2, 0) is 18.3 Å². The van der Waals surface area contributed by atoms with Crippen LogP contribution in [0.5, 0.6) is 11.5 Å². The van der Waals surface area contributed by atoms with E-state index in [1.165, 1.54) is 0 Å². The van der Waals surface area contributed by atoms with Crippen molar-refractivity contribution in [3.8, 4) is 22.8 Å². The molecular weight excluding hydrogens is 248 g/mol. The van der Waals surface area contributed by atoms with Gasteiger partial charge in [0.25, 0.3) is 0 Å². The molecule has 1 N–H and O–H groups in total. The molecule has 0 unspecified atom stereocenters. The number of carboxylic acid groups (broad SMARTS) is 1. The molecule has 1 aliphatic heterocycles. The highest BCUT2D eigenvalue weighted by Gasteiger charge is 2.16.